The maximum Gasteiger partial charge on any atom is 0.248 e. The maximum atomic E-state index is 12.3. The van der Waals surface area contributed by atoms with Gasteiger partial charge in [-0.15, -0.1) is 0 Å². The molecule has 0 saturated heterocycles. The standard InChI is InChI=1S/C11H20F2O/c1-3-4-5-6-7-8-10(9(2)14)11(12)13/h10-11H,3-8H2,1-2H3. The average Bonchev–Trinajstić information content (AvgIpc) is 2.09. The van der Waals surface area contributed by atoms with E-state index in [2.05, 4.69) is 6.92 Å². The summed E-state index contributed by atoms with van der Waals surface area (Å²) in [4.78, 5) is 10.8. The van der Waals surface area contributed by atoms with Crippen LogP contribution in [0.2, 0.25) is 0 Å². The van der Waals surface area contributed by atoms with Crippen LogP contribution >= 0.6 is 0 Å². The predicted octanol–water partition coefficient (Wildman–Crippen LogP) is 3.82. The van der Waals surface area contributed by atoms with E-state index in [0.717, 1.165) is 32.1 Å². The van der Waals surface area contributed by atoms with Crippen molar-refractivity contribution in [3.8, 4) is 0 Å². The molecule has 0 aliphatic heterocycles. The van der Waals surface area contributed by atoms with Gasteiger partial charge in [-0.2, -0.15) is 0 Å². The highest BCUT2D eigenvalue weighted by molar-refractivity contribution is 5.78. The summed E-state index contributed by atoms with van der Waals surface area (Å²) >= 11 is 0. The lowest BCUT2D eigenvalue weighted by Crippen LogP contribution is -2.19. The Kier molecular flexibility index (Phi) is 7.63. The summed E-state index contributed by atoms with van der Waals surface area (Å²) in [6.07, 6.45) is 2.95. The Bertz CT molecular complexity index is 157. The second-order valence-electron chi connectivity index (χ2n) is 3.75. The van der Waals surface area contributed by atoms with E-state index in [1.165, 1.54) is 6.92 Å². The SMILES string of the molecule is CCCCCCCC(C(C)=O)C(F)F. The molecule has 0 aliphatic carbocycles. The molecule has 1 nitrogen and oxygen atoms in total. The van der Waals surface area contributed by atoms with E-state index in [9.17, 15) is 13.6 Å². The first-order chi connectivity index (χ1) is 6.59. The van der Waals surface area contributed by atoms with Gasteiger partial charge < -0.3 is 0 Å². The van der Waals surface area contributed by atoms with Crippen LogP contribution < -0.4 is 0 Å². The van der Waals surface area contributed by atoms with Crippen molar-refractivity contribution in [1.29, 1.82) is 0 Å². The third-order valence-electron chi connectivity index (χ3n) is 2.45. The second-order valence-corrected chi connectivity index (χ2v) is 3.75. The van der Waals surface area contributed by atoms with Crippen molar-refractivity contribution >= 4 is 5.78 Å². The Morgan fingerprint density at radius 1 is 1.14 bits per heavy atom. The Morgan fingerprint density at radius 2 is 1.71 bits per heavy atom. The van der Waals surface area contributed by atoms with Gasteiger partial charge in [0.15, 0.2) is 0 Å². The molecule has 0 amide bonds. The molecule has 0 bridgehead atoms. The van der Waals surface area contributed by atoms with Gasteiger partial charge in [-0.1, -0.05) is 39.0 Å². The van der Waals surface area contributed by atoms with Crippen molar-refractivity contribution < 1.29 is 13.6 Å². The predicted molar refractivity (Wildman–Crippen MR) is 53.6 cm³/mol. The van der Waals surface area contributed by atoms with E-state index in [-0.39, 0.29) is 5.78 Å². The van der Waals surface area contributed by atoms with Crippen LogP contribution in [0.1, 0.15) is 52.4 Å². The third-order valence-corrected chi connectivity index (χ3v) is 2.45. The minimum absolute atomic E-state index is 0.344. The molecular formula is C11H20F2O. The number of hydrogen-bond donors (Lipinski definition) is 0. The smallest absolute Gasteiger partial charge is 0.248 e. The number of ketones is 1. The zero-order valence-corrected chi connectivity index (χ0v) is 9.06. The zero-order chi connectivity index (χ0) is 11.0. The van der Waals surface area contributed by atoms with Gasteiger partial charge in [0.2, 0.25) is 6.43 Å². The number of carbonyl (C=O) groups is 1. The van der Waals surface area contributed by atoms with Crippen molar-refractivity contribution in [2.75, 3.05) is 0 Å². The van der Waals surface area contributed by atoms with Crippen LogP contribution in [-0.2, 0) is 4.79 Å². The first-order valence-electron chi connectivity index (χ1n) is 5.38. The maximum absolute atomic E-state index is 12.3. The average molecular weight is 206 g/mol. The van der Waals surface area contributed by atoms with Gasteiger partial charge in [0.05, 0.1) is 5.92 Å². The normalized spacial score (nSPS) is 13.2. The van der Waals surface area contributed by atoms with E-state index in [1.54, 1.807) is 0 Å². The number of rotatable bonds is 8. The van der Waals surface area contributed by atoms with Crippen LogP contribution in [0.3, 0.4) is 0 Å². The van der Waals surface area contributed by atoms with Crippen LogP contribution in [0.4, 0.5) is 8.78 Å². The molecule has 1 unspecified atom stereocenters. The minimum atomic E-state index is -2.49. The molecule has 0 spiro atoms. The van der Waals surface area contributed by atoms with Crippen molar-refractivity contribution in [3.05, 3.63) is 0 Å². The van der Waals surface area contributed by atoms with E-state index in [0.29, 0.717) is 6.42 Å². The quantitative estimate of drug-likeness (QED) is 0.552. The van der Waals surface area contributed by atoms with Crippen molar-refractivity contribution in [1.82, 2.24) is 0 Å². The van der Waals surface area contributed by atoms with Gasteiger partial charge in [0.1, 0.15) is 5.78 Å². The van der Waals surface area contributed by atoms with Crippen molar-refractivity contribution in [2.45, 2.75) is 58.8 Å². The summed E-state index contributed by atoms with van der Waals surface area (Å²) in [6, 6.07) is 0. The molecule has 0 aromatic heterocycles. The number of unbranched alkanes of at least 4 members (excludes halogenated alkanes) is 4. The first kappa shape index (κ1) is 13.5. The van der Waals surface area contributed by atoms with Crippen molar-refractivity contribution in [3.63, 3.8) is 0 Å². The Hall–Kier alpha value is -0.470. The molecular weight excluding hydrogens is 186 g/mol. The number of Topliss-reactive ketones (excluding diaryl/α,β-unsaturated/α-hetero) is 1. The highest BCUT2D eigenvalue weighted by Gasteiger charge is 2.23. The number of alkyl halides is 2. The molecule has 0 rings (SSSR count). The van der Waals surface area contributed by atoms with Crippen molar-refractivity contribution in [2.24, 2.45) is 5.92 Å². The van der Waals surface area contributed by atoms with Crippen LogP contribution in [0.25, 0.3) is 0 Å². The molecule has 0 aliphatic rings. The molecule has 0 radical (unpaired) electrons. The zero-order valence-electron chi connectivity index (χ0n) is 9.06. The molecule has 0 fully saturated rings. The summed E-state index contributed by atoms with van der Waals surface area (Å²) in [5.74, 6) is -1.41. The summed E-state index contributed by atoms with van der Waals surface area (Å²) < 4.78 is 24.6. The number of halogens is 2. The van der Waals surface area contributed by atoms with Crippen LogP contribution in [0.15, 0.2) is 0 Å². The molecule has 0 aromatic rings. The summed E-state index contributed by atoms with van der Waals surface area (Å²) in [5, 5.41) is 0. The largest absolute Gasteiger partial charge is 0.299 e. The minimum Gasteiger partial charge on any atom is -0.299 e. The van der Waals surface area contributed by atoms with Gasteiger partial charge in [0.25, 0.3) is 0 Å². The fourth-order valence-electron chi connectivity index (χ4n) is 1.47. The molecule has 3 heteroatoms. The lowest BCUT2D eigenvalue weighted by molar-refractivity contribution is -0.125. The van der Waals surface area contributed by atoms with Crippen LogP contribution in [0.5, 0.6) is 0 Å². The third kappa shape index (κ3) is 6.06. The number of carbonyl (C=O) groups excluding carboxylic acids is 1. The highest BCUT2D eigenvalue weighted by atomic mass is 19.3. The Labute approximate surface area is 84.9 Å². The van der Waals surface area contributed by atoms with E-state index >= 15 is 0 Å². The first-order valence-corrected chi connectivity index (χ1v) is 5.38. The molecule has 84 valence electrons. The van der Waals surface area contributed by atoms with Gasteiger partial charge in [-0.05, 0) is 13.3 Å². The molecule has 0 N–H and O–H groups in total. The number of hydrogen-bond acceptors (Lipinski definition) is 1. The van der Waals surface area contributed by atoms with Crippen LogP contribution in [0, 0.1) is 5.92 Å². The van der Waals surface area contributed by atoms with Gasteiger partial charge in [-0.3, -0.25) is 4.79 Å². The van der Waals surface area contributed by atoms with Crippen LogP contribution in [-0.4, -0.2) is 12.2 Å². The molecule has 0 aromatic carbocycles. The van der Waals surface area contributed by atoms with E-state index in [1.807, 2.05) is 0 Å². The fraction of sp³-hybridized carbons (Fsp3) is 0.909. The molecule has 14 heavy (non-hydrogen) atoms. The lowest BCUT2D eigenvalue weighted by atomic mass is 9.97. The Balaban J connectivity index is 3.57. The van der Waals surface area contributed by atoms with E-state index < -0.39 is 12.3 Å². The molecule has 0 heterocycles. The monoisotopic (exact) mass is 206 g/mol. The Morgan fingerprint density at radius 3 is 2.14 bits per heavy atom. The lowest BCUT2D eigenvalue weighted by Gasteiger charge is -2.11. The van der Waals surface area contributed by atoms with Gasteiger partial charge >= 0.3 is 0 Å². The topological polar surface area (TPSA) is 17.1 Å². The second kappa shape index (κ2) is 7.89. The summed E-state index contributed by atoms with van der Waals surface area (Å²) in [7, 11) is 0. The fourth-order valence-corrected chi connectivity index (χ4v) is 1.47. The van der Waals surface area contributed by atoms with Gasteiger partial charge in [0, 0.05) is 0 Å². The molecule has 0 saturated carbocycles. The molecule has 1 atom stereocenters. The highest BCUT2D eigenvalue weighted by Crippen LogP contribution is 2.19. The summed E-state index contributed by atoms with van der Waals surface area (Å²) in [5.41, 5.74) is 0. The summed E-state index contributed by atoms with van der Waals surface area (Å²) in [6.45, 7) is 3.36. The van der Waals surface area contributed by atoms with E-state index in [4.69, 9.17) is 0 Å². The van der Waals surface area contributed by atoms with Gasteiger partial charge in [-0.25, -0.2) is 8.78 Å².